The molecule has 0 aliphatic rings. The molecule has 6 nitrogen and oxygen atoms in total. The summed E-state index contributed by atoms with van der Waals surface area (Å²) in [5.74, 6) is 0.677. The van der Waals surface area contributed by atoms with E-state index < -0.39 is 0 Å². The standard InChI is InChI=1S/C13H17N5OS/c1-3-19-20-11-6-4-10(5-7-11)9(2)17-13-16-8-15-12(14)18-13/h4-9H,3H2,1-2H3,(H3,14,15,16,17,18). The van der Waals surface area contributed by atoms with E-state index in [0.717, 1.165) is 10.5 Å². The van der Waals surface area contributed by atoms with Crippen molar-refractivity contribution < 1.29 is 4.18 Å². The highest BCUT2D eigenvalue weighted by molar-refractivity contribution is 7.94. The van der Waals surface area contributed by atoms with Crippen molar-refractivity contribution in [3.8, 4) is 0 Å². The number of aromatic nitrogens is 3. The van der Waals surface area contributed by atoms with Crippen LogP contribution in [0.15, 0.2) is 35.5 Å². The van der Waals surface area contributed by atoms with Gasteiger partial charge in [0.1, 0.15) is 6.33 Å². The summed E-state index contributed by atoms with van der Waals surface area (Å²) < 4.78 is 5.29. The lowest BCUT2D eigenvalue weighted by Crippen LogP contribution is -2.10. The minimum atomic E-state index is 0.0722. The zero-order valence-electron chi connectivity index (χ0n) is 11.4. The van der Waals surface area contributed by atoms with E-state index in [0.29, 0.717) is 12.6 Å². The molecule has 106 valence electrons. The number of nitrogens with two attached hydrogens (primary N) is 1. The van der Waals surface area contributed by atoms with Crippen molar-refractivity contribution in [3.63, 3.8) is 0 Å². The van der Waals surface area contributed by atoms with Gasteiger partial charge in [-0.1, -0.05) is 12.1 Å². The third-order valence-corrected chi connectivity index (χ3v) is 3.41. The van der Waals surface area contributed by atoms with Gasteiger partial charge in [-0.25, -0.2) is 9.97 Å². The van der Waals surface area contributed by atoms with Crippen LogP contribution in [0.5, 0.6) is 0 Å². The van der Waals surface area contributed by atoms with Gasteiger partial charge in [0.15, 0.2) is 0 Å². The van der Waals surface area contributed by atoms with Crippen molar-refractivity contribution in [2.24, 2.45) is 0 Å². The molecule has 0 aliphatic carbocycles. The molecule has 0 bridgehead atoms. The Labute approximate surface area is 122 Å². The van der Waals surface area contributed by atoms with Gasteiger partial charge in [0, 0.05) is 16.9 Å². The van der Waals surface area contributed by atoms with Crippen LogP contribution >= 0.6 is 12.0 Å². The Bertz CT molecular complexity index is 549. The van der Waals surface area contributed by atoms with E-state index in [1.54, 1.807) is 0 Å². The number of anilines is 2. The van der Waals surface area contributed by atoms with Crippen LogP contribution in [0.25, 0.3) is 0 Å². The molecule has 2 rings (SSSR count). The van der Waals surface area contributed by atoms with Crippen LogP contribution in [0.3, 0.4) is 0 Å². The Balaban J connectivity index is 2.00. The van der Waals surface area contributed by atoms with Gasteiger partial charge in [-0.05, 0) is 31.5 Å². The van der Waals surface area contributed by atoms with E-state index in [9.17, 15) is 0 Å². The molecule has 0 radical (unpaired) electrons. The number of nitrogen functional groups attached to an aromatic ring is 1. The van der Waals surface area contributed by atoms with Gasteiger partial charge in [-0.15, -0.1) is 0 Å². The van der Waals surface area contributed by atoms with Crippen LogP contribution in [0.2, 0.25) is 0 Å². The number of benzene rings is 1. The number of rotatable bonds is 6. The molecule has 1 aromatic heterocycles. The smallest absolute Gasteiger partial charge is 0.227 e. The molecule has 3 N–H and O–H groups in total. The predicted molar refractivity (Wildman–Crippen MR) is 80.2 cm³/mol. The summed E-state index contributed by atoms with van der Waals surface area (Å²) in [6.45, 7) is 4.68. The van der Waals surface area contributed by atoms with Gasteiger partial charge < -0.3 is 15.2 Å². The third-order valence-electron chi connectivity index (χ3n) is 2.59. The number of hydrogen-bond donors (Lipinski definition) is 2. The summed E-state index contributed by atoms with van der Waals surface area (Å²) >= 11 is 1.38. The van der Waals surface area contributed by atoms with Crippen LogP contribution in [-0.4, -0.2) is 21.6 Å². The highest BCUT2D eigenvalue weighted by Crippen LogP contribution is 2.23. The van der Waals surface area contributed by atoms with Crippen molar-refractivity contribution in [1.82, 2.24) is 15.0 Å². The topological polar surface area (TPSA) is 86.0 Å². The van der Waals surface area contributed by atoms with E-state index >= 15 is 0 Å². The molecule has 0 saturated heterocycles. The van der Waals surface area contributed by atoms with Crippen molar-refractivity contribution in [3.05, 3.63) is 36.2 Å². The molecule has 0 spiro atoms. The minimum absolute atomic E-state index is 0.0722. The Hall–Kier alpha value is -1.86. The van der Waals surface area contributed by atoms with Gasteiger partial charge in [-0.3, -0.25) is 0 Å². The SMILES string of the molecule is CCOSc1ccc(C(C)Nc2ncnc(N)n2)cc1. The number of hydrogen-bond acceptors (Lipinski definition) is 7. The molecule has 7 heteroatoms. The molecule has 1 heterocycles. The maximum Gasteiger partial charge on any atom is 0.227 e. The van der Waals surface area contributed by atoms with Crippen LogP contribution in [0.4, 0.5) is 11.9 Å². The molecule has 1 aromatic carbocycles. The molecular formula is C13H17N5OS. The summed E-state index contributed by atoms with van der Waals surface area (Å²) in [6, 6.07) is 8.21. The van der Waals surface area contributed by atoms with E-state index in [1.165, 1.54) is 18.4 Å². The third kappa shape index (κ3) is 4.07. The van der Waals surface area contributed by atoms with Crippen molar-refractivity contribution >= 4 is 23.9 Å². The molecule has 1 unspecified atom stereocenters. The highest BCUT2D eigenvalue weighted by atomic mass is 32.2. The maximum absolute atomic E-state index is 5.52. The highest BCUT2D eigenvalue weighted by Gasteiger charge is 2.07. The summed E-state index contributed by atoms with van der Waals surface area (Å²) in [4.78, 5) is 12.9. The van der Waals surface area contributed by atoms with Crippen molar-refractivity contribution in [2.45, 2.75) is 24.8 Å². The van der Waals surface area contributed by atoms with E-state index in [4.69, 9.17) is 9.92 Å². The lowest BCUT2D eigenvalue weighted by molar-refractivity contribution is 0.402. The lowest BCUT2D eigenvalue weighted by atomic mass is 10.1. The Morgan fingerprint density at radius 2 is 2.05 bits per heavy atom. The van der Waals surface area contributed by atoms with Crippen LogP contribution in [0.1, 0.15) is 25.5 Å². The van der Waals surface area contributed by atoms with Gasteiger partial charge in [0.05, 0.1) is 12.6 Å². The lowest BCUT2D eigenvalue weighted by Gasteiger charge is -2.14. The Kier molecular flexibility index (Phi) is 5.14. The van der Waals surface area contributed by atoms with Crippen LogP contribution < -0.4 is 11.1 Å². The maximum atomic E-state index is 5.52. The predicted octanol–water partition coefficient (Wildman–Crippen LogP) is 2.67. The molecule has 0 amide bonds. The summed E-state index contributed by atoms with van der Waals surface area (Å²) in [5.41, 5.74) is 6.65. The van der Waals surface area contributed by atoms with E-state index in [2.05, 4.69) is 20.3 Å². The minimum Gasteiger partial charge on any atom is -0.368 e. The first-order valence-electron chi connectivity index (χ1n) is 6.29. The Morgan fingerprint density at radius 1 is 1.30 bits per heavy atom. The summed E-state index contributed by atoms with van der Waals surface area (Å²) in [6.07, 6.45) is 1.39. The summed E-state index contributed by atoms with van der Waals surface area (Å²) in [7, 11) is 0. The molecule has 1 atom stereocenters. The average molecular weight is 291 g/mol. The first-order chi connectivity index (χ1) is 9.69. The molecular weight excluding hydrogens is 274 g/mol. The zero-order valence-corrected chi connectivity index (χ0v) is 12.2. The second-order valence-corrected chi connectivity index (χ2v) is 4.97. The van der Waals surface area contributed by atoms with Gasteiger partial charge >= 0.3 is 0 Å². The molecule has 0 saturated carbocycles. The Morgan fingerprint density at radius 3 is 2.70 bits per heavy atom. The fraction of sp³-hybridized carbons (Fsp3) is 0.308. The quantitative estimate of drug-likeness (QED) is 0.791. The van der Waals surface area contributed by atoms with E-state index in [-0.39, 0.29) is 12.0 Å². The van der Waals surface area contributed by atoms with Crippen LogP contribution in [0, 0.1) is 0 Å². The second-order valence-electron chi connectivity index (χ2n) is 4.09. The molecule has 0 aliphatic heterocycles. The average Bonchev–Trinajstić information content (AvgIpc) is 2.45. The molecule has 0 fully saturated rings. The largest absolute Gasteiger partial charge is 0.368 e. The van der Waals surface area contributed by atoms with Crippen LogP contribution in [-0.2, 0) is 4.18 Å². The van der Waals surface area contributed by atoms with Gasteiger partial charge in [-0.2, -0.15) is 4.98 Å². The second kappa shape index (κ2) is 7.06. The zero-order chi connectivity index (χ0) is 14.4. The van der Waals surface area contributed by atoms with Gasteiger partial charge in [0.2, 0.25) is 11.9 Å². The van der Waals surface area contributed by atoms with Crippen molar-refractivity contribution in [1.29, 1.82) is 0 Å². The van der Waals surface area contributed by atoms with E-state index in [1.807, 2.05) is 38.1 Å². The first kappa shape index (κ1) is 14.5. The number of nitrogens with one attached hydrogen (secondary N) is 1. The number of nitrogens with zero attached hydrogens (tertiary/aromatic N) is 3. The fourth-order valence-electron chi connectivity index (χ4n) is 1.59. The van der Waals surface area contributed by atoms with Gasteiger partial charge in [0.25, 0.3) is 0 Å². The van der Waals surface area contributed by atoms with Crippen molar-refractivity contribution in [2.75, 3.05) is 17.7 Å². The summed E-state index contributed by atoms with van der Waals surface area (Å²) in [5, 5.41) is 3.18. The molecule has 20 heavy (non-hydrogen) atoms. The molecule has 2 aromatic rings. The monoisotopic (exact) mass is 291 g/mol. The first-order valence-corrected chi connectivity index (χ1v) is 7.03. The fourth-order valence-corrected chi connectivity index (χ4v) is 2.10. The normalized spacial score (nSPS) is 12.1.